The van der Waals surface area contributed by atoms with Gasteiger partial charge in [0.2, 0.25) is 0 Å². The molecular weight excluding hydrogens is 160 g/mol. The fourth-order valence-electron chi connectivity index (χ4n) is 1.81. The molecule has 5 N–H and O–H groups in total. The van der Waals surface area contributed by atoms with Gasteiger partial charge in [-0.25, -0.2) is 5.01 Å². The summed E-state index contributed by atoms with van der Waals surface area (Å²) in [7, 11) is 0. The van der Waals surface area contributed by atoms with Crippen LogP contribution in [-0.2, 0) is 0 Å². The van der Waals surface area contributed by atoms with E-state index in [-0.39, 0.29) is 12.1 Å². The molecule has 1 saturated heterocycles. The Labute approximate surface area is 69.7 Å². The molecule has 0 spiro atoms. The molecule has 5 nitrogen and oxygen atoms in total. The zero-order valence-electron chi connectivity index (χ0n) is 6.41. The van der Waals surface area contributed by atoms with Crippen molar-refractivity contribution < 1.29 is 15.3 Å². The Balaban J connectivity index is 2.28. The predicted molar refractivity (Wildman–Crippen MR) is 40.8 cm³/mol. The van der Waals surface area contributed by atoms with Crippen molar-refractivity contribution in [3.05, 3.63) is 12.2 Å². The summed E-state index contributed by atoms with van der Waals surface area (Å²) >= 11 is 0. The molecule has 1 unspecified atom stereocenters. The second-order valence-electron chi connectivity index (χ2n) is 3.29. The van der Waals surface area contributed by atoms with Crippen molar-refractivity contribution in [2.24, 2.45) is 5.84 Å². The third-order valence-electron chi connectivity index (χ3n) is 2.59. The topological polar surface area (TPSA) is 90.0 Å². The summed E-state index contributed by atoms with van der Waals surface area (Å²) in [6, 6.07) is -0.734. The highest BCUT2D eigenvalue weighted by molar-refractivity contribution is 5.19. The minimum atomic E-state index is -1.10. The standard InChI is InChI=1S/C7H12N2O3/c8-9-3-1-2-4(9)6(11)7(12)5(3)10/h1-7,10-12H,8H2/t3-,4+,5+,6-,7?. The Bertz CT molecular complexity index is 201. The first-order chi connectivity index (χ1) is 5.63. The maximum Gasteiger partial charge on any atom is 0.110 e. The van der Waals surface area contributed by atoms with E-state index in [2.05, 4.69) is 0 Å². The molecule has 68 valence electrons. The van der Waals surface area contributed by atoms with E-state index in [0.717, 1.165) is 0 Å². The van der Waals surface area contributed by atoms with Gasteiger partial charge >= 0.3 is 0 Å². The first-order valence-electron chi connectivity index (χ1n) is 3.88. The van der Waals surface area contributed by atoms with Crippen LogP contribution in [0.2, 0.25) is 0 Å². The number of piperidine rings is 1. The van der Waals surface area contributed by atoms with E-state index in [0.29, 0.717) is 0 Å². The van der Waals surface area contributed by atoms with Gasteiger partial charge in [0.1, 0.15) is 18.3 Å². The molecule has 2 bridgehead atoms. The molecule has 12 heavy (non-hydrogen) atoms. The molecule has 5 atom stereocenters. The molecule has 0 radical (unpaired) electrons. The molecule has 0 aromatic rings. The highest BCUT2D eigenvalue weighted by atomic mass is 16.4. The molecule has 2 rings (SSSR count). The quantitative estimate of drug-likeness (QED) is 0.241. The molecule has 2 aliphatic rings. The highest BCUT2D eigenvalue weighted by Crippen LogP contribution is 2.28. The molecule has 0 amide bonds. The maximum absolute atomic E-state index is 9.42. The van der Waals surface area contributed by atoms with Crippen molar-refractivity contribution in [3.63, 3.8) is 0 Å². The average molecular weight is 172 g/mol. The summed E-state index contributed by atoms with van der Waals surface area (Å²) in [5.74, 6) is 5.57. The summed E-state index contributed by atoms with van der Waals surface area (Å²) in [4.78, 5) is 0. The molecule has 2 aliphatic heterocycles. The van der Waals surface area contributed by atoms with Gasteiger partial charge in [0, 0.05) is 0 Å². The number of aliphatic hydroxyl groups excluding tert-OH is 3. The van der Waals surface area contributed by atoms with Crippen LogP contribution in [0.3, 0.4) is 0 Å². The van der Waals surface area contributed by atoms with E-state index < -0.39 is 18.3 Å². The molecular formula is C7H12N2O3. The van der Waals surface area contributed by atoms with Crippen LogP contribution in [0.15, 0.2) is 12.2 Å². The average Bonchev–Trinajstić information content (AvgIpc) is 2.38. The predicted octanol–water partition coefficient (Wildman–Crippen LogP) is -2.43. The van der Waals surface area contributed by atoms with Crippen molar-refractivity contribution in [1.82, 2.24) is 5.01 Å². The second-order valence-corrected chi connectivity index (χ2v) is 3.29. The van der Waals surface area contributed by atoms with Crippen LogP contribution in [-0.4, -0.2) is 50.7 Å². The van der Waals surface area contributed by atoms with Crippen molar-refractivity contribution in [3.8, 4) is 0 Å². The summed E-state index contributed by atoms with van der Waals surface area (Å²) < 4.78 is 0. The van der Waals surface area contributed by atoms with E-state index in [1.807, 2.05) is 0 Å². The lowest BCUT2D eigenvalue weighted by Gasteiger charge is -2.40. The molecule has 0 aromatic heterocycles. The zero-order chi connectivity index (χ0) is 8.88. The van der Waals surface area contributed by atoms with Crippen LogP contribution >= 0.6 is 0 Å². The van der Waals surface area contributed by atoms with E-state index in [4.69, 9.17) is 5.84 Å². The number of nitrogens with two attached hydrogens (primary N) is 1. The second kappa shape index (κ2) is 2.51. The van der Waals surface area contributed by atoms with Gasteiger partial charge in [0.15, 0.2) is 0 Å². The van der Waals surface area contributed by atoms with Crippen molar-refractivity contribution in [2.75, 3.05) is 0 Å². The van der Waals surface area contributed by atoms with E-state index in [1.54, 1.807) is 12.2 Å². The number of aliphatic hydroxyl groups is 3. The zero-order valence-corrected chi connectivity index (χ0v) is 6.41. The van der Waals surface area contributed by atoms with Gasteiger partial charge in [0.05, 0.1) is 12.1 Å². The minimum Gasteiger partial charge on any atom is -0.388 e. The van der Waals surface area contributed by atoms with Crippen molar-refractivity contribution >= 4 is 0 Å². The largest absolute Gasteiger partial charge is 0.388 e. The van der Waals surface area contributed by atoms with Gasteiger partial charge in [-0.1, -0.05) is 12.2 Å². The first-order valence-corrected chi connectivity index (χ1v) is 3.88. The molecule has 0 saturated carbocycles. The summed E-state index contributed by atoms with van der Waals surface area (Å²) in [5.41, 5.74) is 0. The monoisotopic (exact) mass is 172 g/mol. The lowest BCUT2D eigenvalue weighted by Crippen LogP contribution is -2.64. The molecule has 2 heterocycles. The third kappa shape index (κ3) is 0.854. The van der Waals surface area contributed by atoms with Crippen LogP contribution < -0.4 is 5.84 Å². The van der Waals surface area contributed by atoms with Gasteiger partial charge in [-0.15, -0.1) is 0 Å². The lowest BCUT2D eigenvalue weighted by molar-refractivity contribution is -0.137. The fraction of sp³-hybridized carbons (Fsp3) is 0.714. The summed E-state index contributed by atoms with van der Waals surface area (Å²) in [6.45, 7) is 0. The molecule has 1 fully saturated rings. The van der Waals surface area contributed by atoms with Gasteiger partial charge in [0.25, 0.3) is 0 Å². The first kappa shape index (κ1) is 8.15. The molecule has 0 aromatic carbocycles. The van der Waals surface area contributed by atoms with Crippen molar-refractivity contribution in [1.29, 1.82) is 0 Å². The van der Waals surface area contributed by atoms with Crippen LogP contribution in [0.25, 0.3) is 0 Å². The molecule has 5 heteroatoms. The van der Waals surface area contributed by atoms with Crippen LogP contribution in [0, 0.1) is 0 Å². The Morgan fingerprint density at radius 2 is 1.33 bits per heavy atom. The number of rotatable bonds is 0. The highest BCUT2D eigenvalue weighted by Gasteiger charge is 2.47. The molecule has 0 aliphatic carbocycles. The Morgan fingerprint density at radius 1 is 0.917 bits per heavy atom. The normalized spacial score (nSPS) is 53.2. The Hall–Kier alpha value is -0.460. The Morgan fingerprint density at radius 3 is 1.75 bits per heavy atom. The SMILES string of the molecule is NN1[C@@H]2C=C[C@H]1[C@@H](O)C(O)[C@H]2O. The van der Waals surface area contributed by atoms with Gasteiger partial charge < -0.3 is 15.3 Å². The van der Waals surface area contributed by atoms with E-state index in [1.165, 1.54) is 5.01 Å². The van der Waals surface area contributed by atoms with Crippen LogP contribution in [0.4, 0.5) is 0 Å². The maximum atomic E-state index is 9.42. The fourth-order valence-corrected chi connectivity index (χ4v) is 1.81. The Kier molecular flexibility index (Phi) is 1.71. The number of hydrazine groups is 1. The lowest BCUT2D eigenvalue weighted by atomic mass is 9.95. The van der Waals surface area contributed by atoms with E-state index in [9.17, 15) is 15.3 Å². The van der Waals surface area contributed by atoms with Gasteiger partial charge in [-0.05, 0) is 0 Å². The number of nitrogens with zero attached hydrogens (tertiary/aromatic N) is 1. The minimum absolute atomic E-state index is 0.367. The van der Waals surface area contributed by atoms with Crippen molar-refractivity contribution in [2.45, 2.75) is 30.4 Å². The number of hydrogen-bond donors (Lipinski definition) is 4. The smallest absolute Gasteiger partial charge is 0.110 e. The number of fused-ring (bicyclic) bond motifs is 2. The summed E-state index contributed by atoms with van der Waals surface area (Å²) in [5, 5.41) is 29.5. The van der Waals surface area contributed by atoms with Crippen LogP contribution in [0.5, 0.6) is 0 Å². The van der Waals surface area contributed by atoms with Gasteiger partial charge in [-0.3, -0.25) is 5.84 Å². The summed E-state index contributed by atoms with van der Waals surface area (Å²) in [6.07, 6.45) is 0.304. The van der Waals surface area contributed by atoms with Crippen LogP contribution in [0.1, 0.15) is 0 Å². The van der Waals surface area contributed by atoms with Gasteiger partial charge in [-0.2, -0.15) is 0 Å². The number of hydrogen-bond acceptors (Lipinski definition) is 5. The van der Waals surface area contributed by atoms with E-state index >= 15 is 0 Å². The third-order valence-corrected chi connectivity index (χ3v) is 2.59.